The van der Waals surface area contributed by atoms with Gasteiger partial charge in [0.1, 0.15) is 0 Å². The molecule has 2 amide bonds. The van der Waals surface area contributed by atoms with E-state index in [0.717, 1.165) is 12.1 Å². The highest BCUT2D eigenvalue weighted by molar-refractivity contribution is 6.08. The van der Waals surface area contributed by atoms with Gasteiger partial charge in [-0.3, -0.25) is 9.69 Å². The molecule has 18 heavy (non-hydrogen) atoms. The van der Waals surface area contributed by atoms with E-state index in [0.29, 0.717) is 18.5 Å². The highest BCUT2D eigenvalue weighted by Crippen LogP contribution is 2.26. The van der Waals surface area contributed by atoms with Crippen LogP contribution in [0, 0.1) is 0 Å². The topological polar surface area (TPSA) is 49.4 Å². The number of urea groups is 1. The number of para-hydroxylation sites is 1. The van der Waals surface area contributed by atoms with Crippen molar-refractivity contribution in [2.24, 2.45) is 0 Å². The molecule has 1 atom stereocenters. The van der Waals surface area contributed by atoms with E-state index in [9.17, 15) is 9.59 Å². The van der Waals surface area contributed by atoms with E-state index in [-0.39, 0.29) is 17.9 Å². The van der Waals surface area contributed by atoms with E-state index >= 15 is 0 Å². The molecule has 0 aromatic heterocycles. The van der Waals surface area contributed by atoms with Crippen LogP contribution in [0.1, 0.15) is 37.0 Å². The van der Waals surface area contributed by atoms with Crippen LogP contribution in [0.3, 0.4) is 0 Å². The number of anilines is 1. The molecule has 0 radical (unpaired) electrons. The second-order valence-electron chi connectivity index (χ2n) is 4.60. The minimum absolute atomic E-state index is 0.109. The molecular weight excluding hydrogens is 228 g/mol. The maximum Gasteiger partial charge on any atom is 0.322 e. The van der Waals surface area contributed by atoms with Gasteiger partial charge in [0, 0.05) is 24.6 Å². The Kier molecular flexibility index (Phi) is 3.65. The molecule has 1 aliphatic heterocycles. The first-order valence-electron chi connectivity index (χ1n) is 6.33. The lowest BCUT2D eigenvalue weighted by Crippen LogP contribution is -2.46. The standard InChI is InChI=1S/C14H18N2O2/c1-3-10(2)15-14(18)16-9-8-13(17)11-6-4-5-7-12(11)16/h4-7,10H,3,8-9H2,1-2H3,(H,15,18). The highest BCUT2D eigenvalue weighted by Gasteiger charge is 2.27. The normalized spacial score (nSPS) is 16.1. The molecule has 1 aliphatic rings. The second-order valence-corrected chi connectivity index (χ2v) is 4.60. The number of ketones is 1. The molecule has 0 aliphatic carbocycles. The number of benzene rings is 1. The summed E-state index contributed by atoms with van der Waals surface area (Å²) in [6.07, 6.45) is 1.28. The number of hydrogen-bond donors (Lipinski definition) is 1. The van der Waals surface area contributed by atoms with Crippen molar-refractivity contribution in [3.63, 3.8) is 0 Å². The maximum atomic E-state index is 12.1. The van der Waals surface area contributed by atoms with Crippen molar-refractivity contribution in [3.8, 4) is 0 Å². The maximum absolute atomic E-state index is 12.1. The summed E-state index contributed by atoms with van der Waals surface area (Å²) in [5.41, 5.74) is 1.36. The second kappa shape index (κ2) is 5.21. The number of carbonyl (C=O) groups is 2. The third kappa shape index (κ3) is 2.37. The van der Waals surface area contributed by atoms with Crippen LogP contribution >= 0.6 is 0 Å². The summed E-state index contributed by atoms with van der Waals surface area (Å²) in [7, 11) is 0. The van der Waals surface area contributed by atoms with E-state index in [1.54, 1.807) is 11.0 Å². The molecule has 4 heteroatoms. The van der Waals surface area contributed by atoms with Crippen molar-refractivity contribution in [1.82, 2.24) is 5.32 Å². The summed E-state index contributed by atoms with van der Waals surface area (Å²) < 4.78 is 0. The average Bonchev–Trinajstić information content (AvgIpc) is 2.39. The molecular formula is C14H18N2O2. The minimum Gasteiger partial charge on any atom is -0.335 e. The van der Waals surface area contributed by atoms with Gasteiger partial charge in [-0.25, -0.2) is 4.79 Å². The molecule has 96 valence electrons. The Morgan fingerprint density at radius 2 is 2.17 bits per heavy atom. The van der Waals surface area contributed by atoms with Gasteiger partial charge in [0.15, 0.2) is 5.78 Å². The molecule has 0 spiro atoms. The smallest absolute Gasteiger partial charge is 0.322 e. The summed E-state index contributed by atoms with van der Waals surface area (Å²) in [5, 5.41) is 2.93. The van der Waals surface area contributed by atoms with Crippen LogP contribution < -0.4 is 10.2 Å². The van der Waals surface area contributed by atoms with Gasteiger partial charge < -0.3 is 5.32 Å². The van der Waals surface area contributed by atoms with Crippen molar-refractivity contribution in [2.45, 2.75) is 32.7 Å². The summed E-state index contributed by atoms with van der Waals surface area (Å²) in [5.74, 6) is 0.109. The lowest BCUT2D eigenvalue weighted by atomic mass is 10.0. The summed E-state index contributed by atoms with van der Waals surface area (Å²) in [4.78, 5) is 25.6. The number of rotatable bonds is 2. The average molecular weight is 246 g/mol. The van der Waals surface area contributed by atoms with Crippen LogP contribution in [0.15, 0.2) is 24.3 Å². The van der Waals surface area contributed by atoms with E-state index in [1.165, 1.54) is 0 Å². The molecule has 1 heterocycles. The van der Waals surface area contributed by atoms with Gasteiger partial charge in [0.2, 0.25) is 0 Å². The molecule has 1 aromatic carbocycles. The van der Waals surface area contributed by atoms with Gasteiger partial charge >= 0.3 is 6.03 Å². The molecule has 2 rings (SSSR count). The van der Waals surface area contributed by atoms with Gasteiger partial charge in [-0.2, -0.15) is 0 Å². The first-order chi connectivity index (χ1) is 8.63. The predicted molar refractivity (Wildman–Crippen MR) is 71.0 cm³/mol. The highest BCUT2D eigenvalue weighted by atomic mass is 16.2. The Morgan fingerprint density at radius 3 is 2.89 bits per heavy atom. The fourth-order valence-electron chi connectivity index (χ4n) is 2.01. The summed E-state index contributed by atoms with van der Waals surface area (Å²) in [6, 6.07) is 7.29. The predicted octanol–water partition coefficient (Wildman–Crippen LogP) is 2.59. The van der Waals surface area contributed by atoms with Crippen LogP contribution in [0.5, 0.6) is 0 Å². The Hall–Kier alpha value is -1.84. The quantitative estimate of drug-likeness (QED) is 0.872. The zero-order valence-corrected chi connectivity index (χ0v) is 10.8. The Labute approximate surface area is 107 Å². The zero-order chi connectivity index (χ0) is 13.1. The third-order valence-electron chi connectivity index (χ3n) is 3.29. The number of carbonyl (C=O) groups excluding carboxylic acids is 2. The summed E-state index contributed by atoms with van der Waals surface area (Å²) in [6.45, 7) is 4.45. The number of nitrogens with one attached hydrogen (secondary N) is 1. The molecule has 0 saturated carbocycles. The fourth-order valence-corrected chi connectivity index (χ4v) is 2.01. The minimum atomic E-state index is -0.121. The lowest BCUT2D eigenvalue weighted by molar-refractivity contribution is 0.0981. The molecule has 1 N–H and O–H groups in total. The van der Waals surface area contributed by atoms with E-state index in [1.807, 2.05) is 32.0 Å². The Balaban J connectivity index is 2.23. The first kappa shape index (κ1) is 12.6. The van der Waals surface area contributed by atoms with Crippen LogP contribution in [0.4, 0.5) is 10.5 Å². The zero-order valence-electron chi connectivity index (χ0n) is 10.8. The van der Waals surface area contributed by atoms with Gasteiger partial charge in [0.25, 0.3) is 0 Å². The number of hydrogen-bond acceptors (Lipinski definition) is 2. The molecule has 4 nitrogen and oxygen atoms in total. The van der Waals surface area contributed by atoms with Gasteiger partial charge in [0.05, 0.1) is 5.69 Å². The van der Waals surface area contributed by atoms with Crippen molar-refractivity contribution in [1.29, 1.82) is 0 Å². The van der Waals surface area contributed by atoms with Crippen LogP contribution in [0.2, 0.25) is 0 Å². The van der Waals surface area contributed by atoms with Crippen LogP contribution in [-0.2, 0) is 0 Å². The third-order valence-corrected chi connectivity index (χ3v) is 3.29. The largest absolute Gasteiger partial charge is 0.335 e. The number of Topliss-reactive ketones (excluding diaryl/α,β-unsaturated/α-hetero) is 1. The molecule has 0 fully saturated rings. The molecule has 1 aromatic rings. The van der Waals surface area contributed by atoms with Gasteiger partial charge in [-0.05, 0) is 25.5 Å². The number of nitrogens with zero attached hydrogens (tertiary/aromatic N) is 1. The van der Waals surface area contributed by atoms with Crippen molar-refractivity contribution in [3.05, 3.63) is 29.8 Å². The SMILES string of the molecule is CCC(C)NC(=O)N1CCC(=O)c2ccccc21. The molecule has 1 unspecified atom stereocenters. The Morgan fingerprint density at radius 1 is 1.44 bits per heavy atom. The fraction of sp³-hybridized carbons (Fsp3) is 0.429. The van der Waals surface area contributed by atoms with Crippen molar-refractivity contribution in [2.75, 3.05) is 11.4 Å². The number of amides is 2. The van der Waals surface area contributed by atoms with Gasteiger partial charge in [-0.15, -0.1) is 0 Å². The number of fused-ring (bicyclic) bond motifs is 1. The Bertz CT molecular complexity index is 471. The lowest BCUT2D eigenvalue weighted by Gasteiger charge is -2.29. The van der Waals surface area contributed by atoms with Crippen LogP contribution in [0.25, 0.3) is 0 Å². The van der Waals surface area contributed by atoms with E-state index in [2.05, 4.69) is 5.32 Å². The van der Waals surface area contributed by atoms with Crippen LogP contribution in [-0.4, -0.2) is 24.4 Å². The van der Waals surface area contributed by atoms with E-state index < -0.39 is 0 Å². The van der Waals surface area contributed by atoms with Gasteiger partial charge in [-0.1, -0.05) is 19.1 Å². The summed E-state index contributed by atoms with van der Waals surface area (Å²) >= 11 is 0. The van der Waals surface area contributed by atoms with Crippen molar-refractivity contribution < 1.29 is 9.59 Å². The molecule has 0 saturated heterocycles. The van der Waals surface area contributed by atoms with E-state index in [4.69, 9.17) is 0 Å². The molecule has 0 bridgehead atoms. The van der Waals surface area contributed by atoms with Crippen molar-refractivity contribution >= 4 is 17.5 Å². The monoisotopic (exact) mass is 246 g/mol. The first-order valence-corrected chi connectivity index (χ1v) is 6.33.